The minimum absolute atomic E-state index is 0.0388. The SMILES string of the molecule is CCn1nccc1C(=O)NCC1CCCCC(=O)N1. The Morgan fingerprint density at radius 1 is 1.58 bits per heavy atom. The van der Waals surface area contributed by atoms with E-state index >= 15 is 0 Å². The Balaban J connectivity index is 1.87. The summed E-state index contributed by atoms with van der Waals surface area (Å²) >= 11 is 0. The fourth-order valence-corrected chi connectivity index (χ4v) is 2.29. The van der Waals surface area contributed by atoms with E-state index in [4.69, 9.17) is 0 Å². The van der Waals surface area contributed by atoms with Gasteiger partial charge in [0.2, 0.25) is 5.91 Å². The summed E-state index contributed by atoms with van der Waals surface area (Å²) in [6.07, 6.45) is 5.07. The van der Waals surface area contributed by atoms with Gasteiger partial charge in [-0.25, -0.2) is 0 Å². The molecule has 6 nitrogen and oxygen atoms in total. The first-order valence-corrected chi connectivity index (χ1v) is 6.80. The van der Waals surface area contributed by atoms with Crippen molar-refractivity contribution in [2.75, 3.05) is 6.54 Å². The molecule has 1 atom stereocenters. The lowest BCUT2D eigenvalue weighted by atomic mass is 10.1. The first-order valence-electron chi connectivity index (χ1n) is 6.80. The van der Waals surface area contributed by atoms with Gasteiger partial charge in [0.15, 0.2) is 0 Å². The predicted octanol–water partition coefficient (Wildman–Crippen LogP) is 0.692. The van der Waals surface area contributed by atoms with Crippen molar-refractivity contribution >= 4 is 11.8 Å². The molecular weight excluding hydrogens is 244 g/mol. The Labute approximate surface area is 112 Å². The van der Waals surface area contributed by atoms with Crippen LogP contribution in [-0.4, -0.2) is 34.2 Å². The molecule has 1 unspecified atom stereocenters. The van der Waals surface area contributed by atoms with Gasteiger partial charge in [-0.2, -0.15) is 5.10 Å². The van der Waals surface area contributed by atoms with Crippen molar-refractivity contribution in [2.45, 2.75) is 45.2 Å². The normalized spacial score (nSPS) is 19.6. The number of aryl methyl sites for hydroxylation is 1. The second-order valence-electron chi connectivity index (χ2n) is 4.75. The van der Waals surface area contributed by atoms with Crippen molar-refractivity contribution < 1.29 is 9.59 Å². The lowest BCUT2D eigenvalue weighted by Gasteiger charge is -2.16. The maximum absolute atomic E-state index is 12.0. The lowest BCUT2D eigenvalue weighted by molar-refractivity contribution is -0.121. The summed E-state index contributed by atoms with van der Waals surface area (Å²) in [4.78, 5) is 23.4. The Hall–Kier alpha value is -1.85. The average molecular weight is 264 g/mol. The first kappa shape index (κ1) is 13.6. The van der Waals surface area contributed by atoms with Gasteiger partial charge in [-0.05, 0) is 25.8 Å². The molecule has 2 N–H and O–H groups in total. The van der Waals surface area contributed by atoms with Crippen molar-refractivity contribution in [1.29, 1.82) is 0 Å². The van der Waals surface area contributed by atoms with E-state index in [-0.39, 0.29) is 17.9 Å². The summed E-state index contributed by atoms with van der Waals surface area (Å²) in [5.74, 6) is -0.0619. The van der Waals surface area contributed by atoms with Gasteiger partial charge in [-0.15, -0.1) is 0 Å². The molecule has 0 aliphatic carbocycles. The largest absolute Gasteiger partial charge is 0.352 e. The van der Waals surface area contributed by atoms with Gasteiger partial charge in [-0.1, -0.05) is 6.42 Å². The van der Waals surface area contributed by atoms with Crippen molar-refractivity contribution in [3.8, 4) is 0 Å². The zero-order chi connectivity index (χ0) is 13.7. The number of nitrogens with one attached hydrogen (secondary N) is 2. The van der Waals surface area contributed by atoms with Gasteiger partial charge in [0, 0.05) is 31.7 Å². The maximum Gasteiger partial charge on any atom is 0.269 e. The molecule has 1 fully saturated rings. The molecule has 1 saturated heterocycles. The molecule has 0 saturated carbocycles. The number of nitrogens with zero attached hydrogens (tertiary/aromatic N) is 2. The minimum Gasteiger partial charge on any atom is -0.352 e. The Kier molecular flexibility index (Phi) is 4.54. The van der Waals surface area contributed by atoms with Gasteiger partial charge in [0.05, 0.1) is 0 Å². The number of rotatable bonds is 4. The molecule has 0 radical (unpaired) electrons. The molecule has 1 aliphatic rings. The van der Waals surface area contributed by atoms with Crippen LogP contribution in [-0.2, 0) is 11.3 Å². The predicted molar refractivity (Wildman–Crippen MR) is 70.6 cm³/mol. The van der Waals surface area contributed by atoms with E-state index < -0.39 is 0 Å². The second kappa shape index (κ2) is 6.36. The molecule has 1 aromatic rings. The van der Waals surface area contributed by atoms with E-state index in [0.29, 0.717) is 25.2 Å². The van der Waals surface area contributed by atoms with Gasteiger partial charge >= 0.3 is 0 Å². The van der Waals surface area contributed by atoms with Crippen LogP contribution in [0.25, 0.3) is 0 Å². The van der Waals surface area contributed by atoms with E-state index in [1.807, 2.05) is 6.92 Å². The standard InChI is InChI=1S/C13H20N4O2/c1-2-17-11(7-8-15-17)13(19)14-9-10-5-3-4-6-12(18)16-10/h7-8,10H,2-6,9H2,1H3,(H,14,19)(H,16,18). The third-order valence-corrected chi connectivity index (χ3v) is 3.33. The van der Waals surface area contributed by atoms with Crippen LogP contribution in [0.15, 0.2) is 12.3 Å². The van der Waals surface area contributed by atoms with Gasteiger partial charge < -0.3 is 10.6 Å². The topological polar surface area (TPSA) is 76.0 Å². The molecule has 1 aliphatic heterocycles. The summed E-state index contributed by atoms with van der Waals surface area (Å²) < 4.78 is 1.65. The third kappa shape index (κ3) is 3.56. The molecule has 6 heteroatoms. The molecule has 0 spiro atoms. The average Bonchev–Trinajstić information content (AvgIpc) is 2.79. The van der Waals surface area contributed by atoms with Crippen molar-refractivity contribution in [1.82, 2.24) is 20.4 Å². The highest BCUT2D eigenvalue weighted by Gasteiger charge is 2.18. The van der Waals surface area contributed by atoms with Crippen molar-refractivity contribution in [3.63, 3.8) is 0 Å². The molecular formula is C13H20N4O2. The van der Waals surface area contributed by atoms with Crippen LogP contribution in [0.2, 0.25) is 0 Å². The van der Waals surface area contributed by atoms with E-state index in [2.05, 4.69) is 15.7 Å². The van der Waals surface area contributed by atoms with Crippen molar-refractivity contribution in [2.24, 2.45) is 0 Å². The number of amides is 2. The maximum atomic E-state index is 12.0. The quantitative estimate of drug-likeness (QED) is 0.840. The lowest BCUT2D eigenvalue weighted by Crippen LogP contribution is -2.42. The molecule has 2 amide bonds. The molecule has 0 aromatic carbocycles. The Morgan fingerprint density at radius 2 is 2.42 bits per heavy atom. The van der Waals surface area contributed by atoms with Crippen LogP contribution in [0.3, 0.4) is 0 Å². The summed E-state index contributed by atoms with van der Waals surface area (Å²) in [5, 5.41) is 9.86. The third-order valence-electron chi connectivity index (χ3n) is 3.33. The number of aromatic nitrogens is 2. The van der Waals surface area contributed by atoms with E-state index in [9.17, 15) is 9.59 Å². The summed E-state index contributed by atoms with van der Waals surface area (Å²) in [7, 11) is 0. The van der Waals surface area contributed by atoms with Crippen molar-refractivity contribution in [3.05, 3.63) is 18.0 Å². The molecule has 1 aromatic heterocycles. The number of hydrogen-bond acceptors (Lipinski definition) is 3. The summed E-state index contributed by atoms with van der Waals surface area (Å²) in [5.41, 5.74) is 0.558. The minimum atomic E-state index is -0.141. The Bertz CT molecular complexity index is 455. The van der Waals surface area contributed by atoms with Gasteiger partial charge in [0.1, 0.15) is 5.69 Å². The number of carbonyl (C=O) groups excluding carboxylic acids is 2. The van der Waals surface area contributed by atoms with Crippen LogP contribution in [0.1, 0.15) is 43.1 Å². The first-order chi connectivity index (χ1) is 9.20. The fraction of sp³-hybridized carbons (Fsp3) is 0.615. The fourth-order valence-electron chi connectivity index (χ4n) is 2.29. The van der Waals surface area contributed by atoms with E-state index in [1.54, 1.807) is 16.9 Å². The van der Waals surface area contributed by atoms with E-state index in [0.717, 1.165) is 19.3 Å². The van der Waals surface area contributed by atoms with Crippen LogP contribution >= 0.6 is 0 Å². The number of carbonyl (C=O) groups is 2. The summed E-state index contributed by atoms with van der Waals surface area (Å²) in [6, 6.07) is 1.74. The highest BCUT2D eigenvalue weighted by molar-refractivity contribution is 5.92. The van der Waals surface area contributed by atoms with Crippen LogP contribution in [0.4, 0.5) is 0 Å². The van der Waals surface area contributed by atoms with Gasteiger partial charge in [0.25, 0.3) is 5.91 Å². The zero-order valence-corrected chi connectivity index (χ0v) is 11.2. The number of hydrogen-bond donors (Lipinski definition) is 2. The molecule has 2 rings (SSSR count). The molecule has 104 valence electrons. The van der Waals surface area contributed by atoms with Crippen LogP contribution in [0.5, 0.6) is 0 Å². The highest BCUT2D eigenvalue weighted by atomic mass is 16.2. The molecule has 19 heavy (non-hydrogen) atoms. The molecule has 0 bridgehead atoms. The monoisotopic (exact) mass is 264 g/mol. The molecule has 2 heterocycles. The Morgan fingerprint density at radius 3 is 3.21 bits per heavy atom. The smallest absolute Gasteiger partial charge is 0.269 e. The van der Waals surface area contributed by atoms with Gasteiger partial charge in [-0.3, -0.25) is 14.3 Å². The second-order valence-corrected chi connectivity index (χ2v) is 4.75. The van der Waals surface area contributed by atoms with Crippen LogP contribution < -0.4 is 10.6 Å². The van der Waals surface area contributed by atoms with E-state index in [1.165, 1.54) is 0 Å². The van der Waals surface area contributed by atoms with Crippen LogP contribution in [0, 0.1) is 0 Å². The zero-order valence-electron chi connectivity index (χ0n) is 11.2. The summed E-state index contributed by atoms with van der Waals surface area (Å²) in [6.45, 7) is 3.07. The highest BCUT2D eigenvalue weighted by Crippen LogP contribution is 2.09.